The molecule has 0 saturated heterocycles. The number of methoxy groups -OCH3 is 1. The van der Waals surface area contributed by atoms with E-state index in [9.17, 15) is 20.2 Å². The zero-order chi connectivity index (χ0) is 23.0. The normalized spacial score (nSPS) is 9.90. The van der Waals surface area contributed by atoms with Crippen molar-refractivity contribution in [1.29, 1.82) is 0 Å². The first-order valence-corrected chi connectivity index (χ1v) is 9.29. The van der Waals surface area contributed by atoms with E-state index in [4.69, 9.17) is 37.8 Å². The van der Waals surface area contributed by atoms with E-state index >= 15 is 0 Å². The average Bonchev–Trinajstić information content (AvgIpc) is 2.75. The van der Waals surface area contributed by atoms with Crippen molar-refractivity contribution in [2.75, 3.05) is 7.11 Å². The third kappa shape index (κ3) is 7.02. The summed E-state index contributed by atoms with van der Waals surface area (Å²) in [6, 6.07) is 15.3. The van der Waals surface area contributed by atoms with Crippen LogP contribution < -0.4 is 9.47 Å². The van der Waals surface area contributed by atoms with Gasteiger partial charge in [0.15, 0.2) is 0 Å². The lowest BCUT2D eigenvalue weighted by atomic mass is 10.2. The number of nitrogens with zero attached hydrogens (tertiary/aromatic N) is 2. The summed E-state index contributed by atoms with van der Waals surface area (Å²) in [5.41, 5.74) is 0.481. The number of phenols is 1. The first kappa shape index (κ1) is 23.7. The molecule has 3 aromatic rings. The maximum absolute atomic E-state index is 10.8. The Morgan fingerprint density at radius 3 is 1.87 bits per heavy atom. The standard InChI is InChI=1S/C14H12ClNO4.C6H4ClNO3/c1-19-11-4-2-10(3-5-11)9-20-12-6-7-13(15)14(8-12)16(17)18;7-5-2-1-4(9)3-6(5)8(10)11/h2-8H,9H2,1H3;1-3,9H. The van der Waals surface area contributed by atoms with Crippen LogP contribution in [0.4, 0.5) is 11.4 Å². The van der Waals surface area contributed by atoms with Crippen LogP contribution in [-0.2, 0) is 6.61 Å². The van der Waals surface area contributed by atoms with Crippen molar-refractivity contribution in [3.05, 3.63) is 96.5 Å². The number of aromatic hydroxyl groups is 1. The fourth-order valence-corrected chi connectivity index (χ4v) is 2.62. The van der Waals surface area contributed by atoms with Crippen molar-refractivity contribution in [1.82, 2.24) is 0 Å². The van der Waals surface area contributed by atoms with Gasteiger partial charge in [0, 0.05) is 0 Å². The van der Waals surface area contributed by atoms with Gasteiger partial charge in [-0.1, -0.05) is 35.3 Å². The summed E-state index contributed by atoms with van der Waals surface area (Å²) < 4.78 is 10.6. The molecule has 31 heavy (non-hydrogen) atoms. The molecule has 3 rings (SSSR count). The van der Waals surface area contributed by atoms with E-state index in [2.05, 4.69) is 0 Å². The second-order valence-electron chi connectivity index (χ2n) is 5.90. The predicted molar refractivity (Wildman–Crippen MR) is 115 cm³/mol. The average molecular weight is 467 g/mol. The highest BCUT2D eigenvalue weighted by atomic mass is 35.5. The van der Waals surface area contributed by atoms with Crippen molar-refractivity contribution >= 4 is 34.6 Å². The smallest absolute Gasteiger partial charge is 0.291 e. The van der Waals surface area contributed by atoms with Gasteiger partial charge in [-0.3, -0.25) is 20.2 Å². The number of phenolic OH excluding ortho intramolecular Hbond substituents is 1. The maximum atomic E-state index is 10.8. The van der Waals surface area contributed by atoms with Crippen molar-refractivity contribution in [3.63, 3.8) is 0 Å². The van der Waals surface area contributed by atoms with E-state index in [0.29, 0.717) is 12.4 Å². The van der Waals surface area contributed by atoms with Crippen molar-refractivity contribution in [3.8, 4) is 17.2 Å². The number of rotatable bonds is 6. The number of nitro groups is 2. The molecule has 0 aliphatic carbocycles. The molecule has 0 fully saturated rings. The van der Waals surface area contributed by atoms with Crippen LogP contribution in [0.25, 0.3) is 0 Å². The summed E-state index contributed by atoms with van der Waals surface area (Å²) >= 11 is 11.2. The summed E-state index contributed by atoms with van der Waals surface area (Å²) in [5, 5.41) is 29.9. The monoisotopic (exact) mass is 466 g/mol. The third-order valence-corrected chi connectivity index (χ3v) is 4.44. The molecule has 0 aliphatic rings. The van der Waals surface area contributed by atoms with Gasteiger partial charge in [0.1, 0.15) is 33.9 Å². The van der Waals surface area contributed by atoms with E-state index in [1.54, 1.807) is 13.2 Å². The molecule has 3 aromatic carbocycles. The van der Waals surface area contributed by atoms with Gasteiger partial charge < -0.3 is 14.6 Å². The molecule has 11 heteroatoms. The maximum Gasteiger partial charge on any atom is 0.291 e. The van der Waals surface area contributed by atoms with Gasteiger partial charge in [-0.05, 0) is 42.0 Å². The van der Waals surface area contributed by atoms with Gasteiger partial charge in [0.2, 0.25) is 0 Å². The summed E-state index contributed by atoms with van der Waals surface area (Å²) in [6.07, 6.45) is 0. The first-order valence-electron chi connectivity index (χ1n) is 8.54. The highest BCUT2D eigenvalue weighted by Gasteiger charge is 2.13. The molecule has 0 bridgehead atoms. The Hall–Kier alpha value is -3.56. The number of nitro benzene ring substituents is 2. The second kappa shape index (κ2) is 11.0. The van der Waals surface area contributed by atoms with E-state index in [-0.39, 0.29) is 27.2 Å². The zero-order valence-corrected chi connectivity index (χ0v) is 17.5. The Bertz CT molecular complexity index is 1080. The molecule has 0 unspecified atom stereocenters. The molecule has 0 atom stereocenters. The zero-order valence-electron chi connectivity index (χ0n) is 16.0. The molecule has 0 saturated carbocycles. The fraction of sp³-hybridized carbons (Fsp3) is 0.100. The Kier molecular flexibility index (Phi) is 8.42. The van der Waals surface area contributed by atoms with Gasteiger partial charge in [0.25, 0.3) is 11.4 Å². The van der Waals surface area contributed by atoms with Gasteiger partial charge in [-0.25, -0.2) is 0 Å². The molecule has 9 nitrogen and oxygen atoms in total. The van der Waals surface area contributed by atoms with Crippen LogP contribution in [0.3, 0.4) is 0 Å². The largest absolute Gasteiger partial charge is 0.508 e. The van der Waals surface area contributed by atoms with Gasteiger partial charge in [-0.2, -0.15) is 0 Å². The van der Waals surface area contributed by atoms with Crippen LogP contribution in [0.2, 0.25) is 10.0 Å². The molecule has 1 N–H and O–H groups in total. The van der Waals surface area contributed by atoms with Crippen LogP contribution >= 0.6 is 23.2 Å². The molecular weight excluding hydrogens is 451 g/mol. The van der Waals surface area contributed by atoms with Crippen molar-refractivity contribution < 1.29 is 24.4 Å². The van der Waals surface area contributed by atoms with Gasteiger partial charge in [-0.15, -0.1) is 0 Å². The summed E-state index contributed by atoms with van der Waals surface area (Å²) in [7, 11) is 1.60. The number of hydrogen-bond donors (Lipinski definition) is 1. The highest BCUT2D eigenvalue weighted by Crippen LogP contribution is 2.29. The highest BCUT2D eigenvalue weighted by molar-refractivity contribution is 6.33. The van der Waals surface area contributed by atoms with E-state index in [1.165, 1.54) is 24.3 Å². The van der Waals surface area contributed by atoms with Crippen LogP contribution in [0, 0.1) is 20.2 Å². The minimum atomic E-state index is -0.651. The molecule has 0 heterocycles. The van der Waals surface area contributed by atoms with Crippen molar-refractivity contribution in [2.24, 2.45) is 0 Å². The molecule has 0 aromatic heterocycles. The van der Waals surface area contributed by atoms with E-state index in [1.807, 2.05) is 24.3 Å². The number of benzene rings is 3. The summed E-state index contributed by atoms with van der Waals surface area (Å²) in [6.45, 7) is 0.308. The summed E-state index contributed by atoms with van der Waals surface area (Å²) in [5.74, 6) is 0.994. The van der Waals surface area contributed by atoms with Gasteiger partial charge >= 0.3 is 0 Å². The lowest BCUT2D eigenvalue weighted by Gasteiger charge is -2.07. The molecular formula is C20H16Cl2N2O7. The second-order valence-corrected chi connectivity index (χ2v) is 6.71. The molecule has 0 spiro atoms. The number of ether oxygens (including phenoxy) is 2. The fourth-order valence-electron chi connectivity index (χ4n) is 2.25. The summed E-state index contributed by atoms with van der Waals surface area (Å²) in [4.78, 5) is 19.8. The molecule has 162 valence electrons. The predicted octanol–water partition coefficient (Wildman–Crippen LogP) is 5.79. The Morgan fingerprint density at radius 2 is 1.35 bits per heavy atom. The van der Waals surface area contributed by atoms with E-state index in [0.717, 1.165) is 17.4 Å². The third-order valence-electron chi connectivity index (χ3n) is 3.81. The Morgan fingerprint density at radius 1 is 0.839 bits per heavy atom. The first-order chi connectivity index (χ1) is 14.7. The lowest BCUT2D eigenvalue weighted by Crippen LogP contribution is -1.97. The minimum Gasteiger partial charge on any atom is -0.508 e. The molecule has 0 amide bonds. The van der Waals surface area contributed by atoms with Crippen LogP contribution in [0.5, 0.6) is 17.2 Å². The van der Waals surface area contributed by atoms with Crippen LogP contribution in [0.1, 0.15) is 5.56 Å². The molecule has 0 radical (unpaired) electrons. The minimum absolute atomic E-state index is 0.0211. The van der Waals surface area contributed by atoms with Crippen molar-refractivity contribution in [2.45, 2.75) is 6.61 Å². The topological polar surface area (TPSA) is 125 Å². The van der Waals surface area contributed by atoms with E-state index < -0.39 is 9.85 Å². The van der Waals surface area contributed by atoms with Gasteiger partial charge in [0.05, 0.1) is 29.1 Å². The SMILES string of the molecule is COc1ccc(COc2ccc(Cl)c([N+](=O)[O-])c2)cc1.O=[N+]([O-])c1cc(O)ccc1Cl. The Balaban J connectivity index is 0.000000262. The quantitative estimate of drug-likeness (QED) is 0.359. The Labute approximate surface area is 186 Å². The lowest BCUT2D eigenvalue weighted by molar-refractivity contribution is -0.384. The van der Waals surface area contributed by atoms with Crippen LogP contribution in [0.15, 0.2) is 60.7 Å². The number of hydrogen-bond acceptors (Lipinski definition) is 7. The number of halogens is 2. The molecule has 0 aliphatic heterocycles. The van der Waals surface area contributed by atoms with Crippen LogP contribution in [-0.4, -0.2) is 22.1 Å².